The number of benzene rings is 1. The number of rotatable bonds is 9. The number of halogens is 2. The summed E-state index contributed by atoms with van der Waals surface area (Å²) in [6, 6.07) is 6.96. The summed E-state index contributed by atoms with van der Waals surface area (Å²) >= 11 is 0. The van der Waals surface area contributed by atoms with Gasteiger partial charge in [0.25, 0.3) is 6.43 Å². The van der Waals surface area contributed by atoms with Crippen LogP contribution in [0.5, 0.6) is 0 Å². The summed E-state index contributed by atoms with van der Waals surface area (Å²) in [7, 11) is -3.54. The van der Waals surface area contributed by atoms with E-state index in [1.165, 1.54) is 0 Å². The zero-order valence-corrected chi connectivity index (χ0v) is 11.7. The molecule has 0 unspecified atom stereocenters. The maximum atomic E-state index is 11.8. The molecular weight excluding hydrogens is 290 g/mol. The number of alkyl halides is 2. The first kappa shape index (κ1) is 17.0. The Morgan fingerprint density at radius 1 is 1.25 bits per heavy atom. The molecule has 0 bridgehead atoms. The molecule has 20 heavy (non-hydrogen) atoms. The van der Waals surface area contributed by atoms with E-state index in [1.54, 1.807) is 24.3 Å². The van der Waals surface area contributed by atoms with Crippen LogP contribution in [-0.4, -0.2) is 34.6 Å². The van der Waals surface area contributed by atoms with Gasteiger partial charge in [-0.3, -0.25) is 0 Å². The topological polar surface area (TPSA) is 81.4 Å². The molecule has 0 amide bonds. The molecule has 0 aliphatic carbocycles. The Morgan fingerprint density at radius 2 is 1.90 bits per heavy atom. The lowest BCUT2D eigenvalue weighted by Gasteiger charge is -2.10. The molecule has 3 N–H and O–H groups in total. The number of nitrogens with one attached hydrogen (secondary N) is 1. The fourth-order valence-corrected chi connectivity index (χ4v) is 2.78. The molecule has 0 saturated heterocycles. The second kappa shape index (κ2) is 8.25. The second-order valence-corrected chi connectivity index (χ2v) is 5.90. The van der Waals surface area contributed by atoms with Gasteiger partial charge in [0.15, 0.2) is 0 Å². The van der Waals surface area contributed by atoms with Crippen molar-refractivity contribution in [1.29, 1.82) is 0 Å². The van der Waals surface area contributed by atoms with Crippen LogP contribution in [0.15, 0.2) is 24.3 Å². The first-order chi connectivity index (χ1) is 9.44. The van der Waals surface area contributed by atoms with E-state index < -0.39 is 23.1 Å². The molecule has 8 heteroatoms. The average molecular weight is 308 g/mol. The Bertz CT molecular complexity index is 509. The summed E-state index contributed by atoms with van der Waals surface area (Å²) in [6.07, 6.45) is -2.55. The Labute approximate surface area is 117 Å². The summed E-state index contributed by atoms with van der Waals surface area (Å²) in [6.45, 7) is -0.580. The quantitative estimate of drug-likeness (QED) is 0.663. The van der Waals surface area contributed by atoms with Gasteiger partial charge in [-0.2, -0.15) is 0 Å². The zero-order chi connectivity index (χ0) is 15.0. The SMILES string of the molecule is NCc1ccccc1CS(=O)(=O)NCCOCC(F)F. The summed E-state index contributed by atoms with van der Waals surface area (Å²) in [4.78, 5) is 0. The highest BCUT2D eigenvalue weighted by Gasteiger charge is 2.13. The third-order valence-electron chi connectivity index (χ3n) is 2.50. The molecule has 0 aliphatic rings. The van der Waals surface area contributed by atoms with E-state index in [2.05, 4.69) is 9.46 Å². The zero-order valence-electron chi connectivity index (χ0n) is 10.9. The number of hydrogen-bond acceptors (Lipinski definition) is 4. The number of hydrogen-bond donors (Lipinski definition) is 2. The minimum absolute atomic E-state index is 0.0418. The van der Waals surface area contributed by atoms with Crippen molar-refractivity contribution in [1.82, 2.24) is 4.72 Å². The van der Waals surface area contributed by atoms with Crippen LogP contribution in [0.3, 0.4) is 0 Å². The Morgan fingerprint density at radius 3 is 2.50 bits per heavy atom. The lowest BCUT2D eigenvalue weighted by molar-refractivity contribution is 0.0199. The van der Waals surface area contributed by atoms with E-state index in [0.29, 0.717) is 5.56 Å². The van der Waals surface area contributed by atoms with Crippen LogP contribution in [-0.2, 0) is 27.1 Å². The van der Waals surface area contributed by atoms with Crippen molar-refractivity contribution in [3.05, 3.63) is 35.4 Å². The highest BCUT2D eigenvalue weighted by Crippen LogP contribution is 2.11. The first-order valence-corrected chi connectivity index (χ1v) is 7.70. The van der Waals surface area contributed by atoms with Gasteiger partial charge in [0, 0.05) is 13.1 Å². The summed E-state index contributed by atoms with van der Waals surface area (Å²) in [5, 5.41) is 0. The molecular formula is C12H18F2N2O3S. The van der Waals surface area contributed by atoms with E-state index >= 15 is 0 Å². The first-order valence-electron chi connectivity index (χ1n) is 6.04. The van der Waals surface area contributed by atoms with Crippen molar-refractivity contribution in [3.8, 4) is 0 Å². The predicted octanol–water partition coefficient (Wildman–Crippen LogP) is 0.846. The molecule has 0 heterocycles. The van der Waals surface area contributed by atoms with Crippen LogP contribution >= 0.6 is 0 Å². The van der Waals surface area contributed by atoms with Gasteiger partial charge in [-0.1, -0.05) is 24.3 Å². The smallest absolute Gasteiger partial charge is 0.261 e. The minimum Gasteiger partial charge on any atom is -0.374 e. The third-order valence-corrected chi connectivity index (χ3v) is 3.83. The summed E-state index contributed by atoms with van der Waals surface area (Å²) < 4.78 is 54.1. The van der Waals surface area contributed by atoms with Crippen molar-refractivity contribution >= 4 is 10.0 Å². The van der Waals surface area contributed by atoms with Crippen LogP contribution in [0.25, 0.3) is 0 Å². The molecule has 1 rings (SSSR count). The number of nitrogens with two attached hydrogens (primary N) is 1. The highest BCUT2D eigenvalue weighted by molar-refractivity contribution is 7.88. The van der Waals surface area contributed by atoms with Crippen molar-refractivity contribution in [2.24, 2.45) is 5.73 Å². The standard InChI is InChI=1S/C12H18F2N2O3S/c13-12(14)8-19-6-5-16-20(17,18)9-11-4-2-1-3-10(11)7-15/h1-4,12,16H,5-9,15H2. The van der Waals surface area contributed by atoms with Crippen LogP contribution < -0.4 is 10.5 Å². The summed E-state index contributed by atoms with van der Waals surface area (Å²) in [5.41, 5.74) is 6.91. The third kappa shape index (κ3) is 6.38. The molecule has 0 spiro atoms. The molecule has 5 nitrogen and oxygen atoms in total. The fraction of sp³-hybridized carbons (Fsp3) is 0.500. The van der Waals surface area contributed by atoms with Crippen molar-refractivity contribution in [2.45, 2.75) is 18.7 Å². The van der Waals surface area contributed by atoms with Gasteiger partial charge in [-0.25, -0.2) is 21.9 Å². The lowest BCUT2D eigenvalue weighted by atomic mass is 10.1. The molecule has 0 atom stereocenters. The Kier molecular flexibility index (Phi) is 7.00. The molecule has 0 saturated carbocycles. The molecule has 0 fully saturated rings. The Hall–Kier alpha value is -1.09. The molecule has 0 radical (unpaired) electrons. The van der Waals surface area contributed by atoms with Crippen LogP contribution in [0.1, 0.15) is 11.1 Å². The summed E-state index contributed by atoms with van der Waals surface area (Å²) in [5.74, 6) is -0.199. The monoisotopic (exact) mass is 308 g/mol. The van der Waals surface area contributed by atoms with Gasteiger partial charge in [0.2, 0.25) is 10.0 Å². The molecule has 1 aromatic carbocycles. The number of ether oxygens (including phenoxy) is 1. The molecule has 0 aromatic heterocycles. The van der Waals surface area contributed by atoms with Crippen LogP contribution in [0, 0.1) is 0 Å². The van der Waals surface area contributed by atoms with Gasteiger partial charge in [-0.05, 0) is 11.1 Å². The van der Waals surface area contributed by atoms with E-state index in [9.17, 15) is 17.2 Å². The lowest BCUT2D eigenvalue weighted by Crippen LogP contribution is -2.29. The average Bonchev–Trinajstić information content (AvgIpc) is 2.38. The van der Waals surface area contributed by atoms with Gasteiger partial charge < -0.3 is 10.5 Å². The van der Waals surface area contributed by atoms with E-state index in [4.69, 9.17) is 5.73 Å². The normalized spacial score (nSPS) is 12.0. The largest absolute Gasteiger partial charge is 0.374 e. The Balaban J connectivity index is 2.45. The van der Waals surface area contributed by atoms with Gasteiger partial charge in [-0.15, -0.1) is 0 Å². The van der Waals surface area contributed by atoms with E-state index in [1.807, 2.05) is 0 Å². The van der Waals surface area contributed by atoms with Crippen LogP contribution in [0.2, 0.25) is 0 Å². The van der Waals surface area contributed by atoms with Gasteiger partial charge in [0.1, 0.15) is 6.61 Å². The maximum Gasteiger partial charge on any atom is 0.261 e. The van der Waals surface area contributed by atoms with Crippen molar-refractivity contribution < 1.29 is 21.9 Å². The maximum absolute atomic E-state index is 11.8. The van der Waals surface area contributed by atoms with Crippen molar-refractivity contribution in [2.75, 3.05) is 19.8 Å². The van der Waals surface area contributed by atoms with Gasteiger partial charge >= 0.3 is 0 Å². The highest BCUT2D eigenvalue weighted by atomic mass is 32.2. The second-order valence-electron chi connectivity index (χ2n) is 4.09. The van der Waals surface area contributed by atoms with E-state index in [-0.39, 0.29) is 25.4 Å². The fourth-order valence-electron chi connectivity index (χ4n) is 1.59. The number of sulfonamides is 1. The molecule has 114 valence electrons. The van der Waals surface area contributed by atoms with Crippen molar-refractivity contribution in [3.63, 3.8) is 0 Å². The molecule has 1 aromatic rings. The van der Waals surface area contributed by atoms with Crippen LogP contribution in [0.4, 0.5) is 8.78 Å². The molecule has 0 aliphatic heterocycles. The van der Waals surface area contributed by atoms with E-state index in [0.717, 1.165) is 5.56 Å². The van der Waals surface area contributed by atoms with Gasteiger partial charge in [0.05, 0.1) is 12.4 Å². The minimum atomic E-state index is -3.54. The predicted molar refractivity (Wildman–Crippen MR) is 71.8 cm³/mol.